The monoisotopic (exact) mass is 279 g/mol. The third-order valence-electron chi connectivity index (χ3n) is 3.56. The van der Waals surface area contributed by atoms with Gasteiger partial charge in [0.05, 0.1) is 21.3 Å². The second-order valence-electron chi connectivity index (χ2n) is 4.77. The third-order valence-corrected chi connectivity index (χ3v) is 3.56. The maximum Gasteiger partial charge on any atom is 0.222 e. The second kappa shape index (κ2) is 6.50. The molecule has 0 spiro atoms. The van der Waals surface area contributed by atoms with Gasteiger partial charge in [0.25, 0.3) is 0 Å². The summed E-state index contributed by atoms with van der Waals surface area (Å²) in [6.45, 7) is 1.79. The van der Waals surface area contributed by atoms with Crippen molar-refractivity contribution in [2.45, 2.75) is 19.3 Å². The minimum atomic E-state index is 0.213. The molecule has 0 aliphatic carbocycles. The molecular weight excluding hydrogens is 258 g/mol. The molecule has 1 aromatic rings. The number of hydrogen-bond donors (Lipinski definition) is 0. The number of benzene rings is 1. The highest BCUT2D eigenvalue weighted by atomic mass is 16.5. The summed E-state index contributed by atoms with van der Waals surface area (Å²) in [5.74, 6) is 2.04. The van der Waals surface area contributed by atoms with Crippen LogP contribution in [0.2, 0.25) is 0 Å². The molecule has 5 nitrogen and oxygen atoms in total. The molecule has 1 heterocycles. The van der Waals surface area contributed by atoms with Crippen LogP contribution in [0.3, 0.4) is 0 Å². The summed E-state index contributed by atoms with van der Waals surface area (Å²) in [6.07, 6.45) is 2.31. The SMILES string of the molecule is COc1cc(CCC(=O)N2CCC2)cc(OC)c1OC. The number of hydrogen-bond acceptors (Lipinski definition) is 4. The van der Waals surface area contributed by atoms with Gasteiger partial charge in [-0.25, -0.2) is 0 Å². The molecule has 1 aliphatic rings. The minimum absolute atomic E-state index is 0.213. The Labute approximate surface area is 119 Å². The summed E-state index contributed by atoms with van der Waals surface area (Å²) in [7, 11) is 4.76. The van der Waals surface area contributed by atoms with Crippen molar-refractivity contribution in [3.8, 4) is 17.2 Å². The number of amides is 1. The largest absolute Gasteiger partial charge is 0.493 e. The fraction of sp³-hybridized carbons (Fsp3) is 0.533. The van der Waals surface area contributed by atoms with Crippen molar-refractivity contribution in [2.24, 2.45) is 0 Å². The molecule has 1 aliphatic heterocycles. The van der Waals surface area contributed by atoms with Crippen molar-refractivity contribution in [3.05, 3.63) is 17.7 Å². The Morgan fingerprint density at radius 1 is 1.10 bits per heavy atom. The molecule has 1 amide bonds. The highest BCUT2D eigenvalue weighted by Crippen LogP contribution is 2.38. The lowest BCUT2D eigenvalue weighted by Crippen LogP contribution is -2.42. The minimum Gasteiger partial charge on any atom is -0.493 e. The van der Waals surface area contributed by atoms with E-state index in [1.807, 2.05) is 17.0 Å². The quantitative estimate of drug-likeness (QED) is 0.797. The van der Waals surface area contributed by atoms with Crippen LogP contribution in [0.15, 0.2) is 12.1 Å². The van der Waals surface area contributed by atoms with Crippen molar-refractivity contribution in [3.63, 3.8) is 0 Å². The smallest absolute Gasteiger partial charge is 0.222 e. The zero-order valence-electron chi connectivity index (χ0n) is 12.3. The lowest BCUT2D eigenvalue weighted by Gasteiger charge is -2.31. The molecule has 5 heteroatoms. The number of ether oxygens (including phenoxy) is 3. The zero-order valence-corrected chi connectivity index (χ0v) is 12.3. The van der Waals surface area contributed by atoms with Gasteiger partial charge >= 0.3 is 0 Å². The lowest BCUT2D eigenvalue weighted by atomic mass is 10.1. The van der Waals surface area contributed by atoms with Crippen molar-refractivity contribution >= 4 is 5.91 Å². The number of carbonyl (C=O) groups is 1. The Bertz CT molecular complexity index is 458. The molecule has 1 fully saturated rings. The number of likely N-dealkylation sites (tertiary alicyclic amines) is 1. The molecule has 0 bridgehead atoms. The number of rotatable bonds is 6. The van der Waals surface area contributed by atoms with Gasteiger partial charge in [0.2, 0.25) is 11.7 Å². The predicted molar refractivity (Wildman–Crippen MR) is 75.6 cm³/mol. The maximum absolute atomic E-state index is 11.9. The molecule has 1 aromatic carbocycles. The zero-order chi connectivity index (χ0) is 14.5. The third kappa shape index (κ3) is 2.98. The van der Waals surface area contributed by atoms with Crippen LogP contribution in [0, 0.1) is 0 Å². The highest BCUT2D eigenvalue weighted by molar-refractivity contribution is 5.77. The summed E-state index contributed by atoms with van der Waals surface area (Å²) in [6, 6.07) is 3.79. The van der Waals surface area contributed by atoms with E-state index in [9.17, 15) is 4.79 Å². The maximum atomic E-state index is 11.9. The average molecular weight is 279 g/mol. The first kappa shape index (κ1) is 14.5. The van der Waals surface area contributed by atoms with Gasteiger partial charge in [0.15, 0.2) is 11.5 Å². The van der Waals surface area contributed by atoms with E-state index < -0.39 is 0 Å². The molecule has 20 heavy (non-hydrogen) atoms. The molecular formula is C15H21NO4. The average Bonchev–Trinajstić information content (AvgIpc) is 2.41. The molecule has 2 rings (SSSR count). The summed E-state index contributed by atoms with van der Waals surface area (Å²) < 4.78 is 15.9. The van der Waals surface area contributed by atoms with Gasteiger partial charge in [0, 0.05) is 19.5 Å². The molecule has 1 saturated heterocycles. The first-order valence-corrected chi connectivity index (χ1v) is 6.76. The van der Waals surface area contributed by atoms with Crippen molar-refractivity contribution in [2.75, 3.05) is 34.4 Å². The Balaban J connectivity index is 2.08. The van der Waals surface area contributed by atoms with Gasteiger partial charge < -0.3 is 19.1 Å². The molecule has 0 N–H and O–H groups in total. The van der Waals surface area contributed by atoms with Gasteiger partial charge in [-0.1, -0.05) is 0 Å². The lowest BCUT2D eigenvalue weighted by molar-refractivity contribution is -0.134. The van der Waals surface area contributed by atoms with Gasteiger partial charge in [-0.05, 0) is 30.5 Å². The van der Waals surface area contributed by atoms with E-state index >= 15 is 0 Å². The van der Waals surface area contributed by atoms with Crippen molar-refractivity contribution in [1.82, 2.24) is 4.90 Å². The van der Waals surface area contributed by atoms with E-state index in [1.165, 1.54) is 0 Å². The van der Waals surface area contributed by atoms with Crippen LogP contribution in [0.25, 0.3) is 0 Å². The number of methoxy groups -OCH3 is 3. The molecule has 0 atom stereocenters. The number of aryl methyl sites for hydroxylation is 1. The van der Waals surface area contributed by atoms with Crippen LogP contribution in [0.5, 0.6) is 17.2 Å². The normalized spacial score (nSPS) is 13.7. The fourth-order valence-electron chi connectivity index (χ4n) is 2.25. The highest BCUT2D eigenvalue weighted by Gasteiger charge is 2.20. The van der Waals surface area contributed by atoms with Gasteiger partial charge in [-0.15, -0.1) is 0 Å². The first-order chi connectivity index (χ1) is 9.69. The molecule has 110 valence electrons. The van der Waals surface area contributed by atoms with E-state index in [0.717, 1.165) is 25.1 Å². The van der Waals surface area contributed by atoms with Gasteiger partial charge in [-0.3, -0.25) is 4.79 Å². The van der Waals surface area contributed by atoms with Crippen LogP contribution in [0.1, 0.15) is 18.4 Å². The Hall–Kier alpha value is -1.91. The Morgan fingerprint density at radius 2 is 1.70 bits per heavy atom. The van der Waals surface area contributed by atoms with E-state index in [-0.39, 0.29) is 5.91 Å². The fourth-order valence-corrected chi connectivity index (χ4v) is 2.25. The summed E-state index contributed by atoms with van der Waals surface area (Å²) in [4.78, 5) is 13.8. The molecule has 0 radical (unpaired) electrons. The standard InChI is InChI=1S/C15H21NO4/c1-18-12-9-11(10-13(19-2)15(12)20-3)5-6-14(17)16-7-4-8-16/h9-10H,4-8H2,1-3H3. The van der Waals surface area contributed by atoms with Gasteiger partial charge in [0.1, 0.15) is 0 Å². The number of carbonyl (C=O) groups excluding carboxylic acids is 1. The van der Waals surface area contributed by atoms with E-state index in [0.29, 0.717) is 30.1 Å². The summed E-state index contributed by atoms with van der Waals surface area (Å²) >= 11 is 0. The first-order valence-electron chi connectivity index (χ1n) is 6.76. The predicted octanol–water partition coefficient (Wildman–Crippen LogP) is 1.88. The van der Waals surface area contributed by atoms with Crippen LogP contribution < -0.4 is 14.2 Å². The van der Waals surface area contributed by atoms with Crippen LogP contribution in [-0.2, 0) is 11.2 Å². The second-order valence-corrected chi connectivity index (χ2v) is 4.77. The van der Waals surface area contributed by atoms with Gasteiger partial charge in [-0.2, -0.15) is 0 Å². The van der Waals surface area contributed by atoms with Crippen LogP contribution in [0.4, 0.5) is 0 Å². The molecule has 0 unspecified atom stereocenters. The molecule has 0 saturated carbocycles. The van der Waals surface area contributed by atoms with Crippen LogP contribution in [-0.4, -0.2) is 45.2 Å². The number of nitrogens with zero attached hydrogens (tertiary/aromatic N) is 1. The molecule has 0 aromatic heterocycles. The van der Waals surface area contributed by atoms with E-state index in [4.69, 9.17) is 14.2 Å². The van der Waals surface area contributed by atoms with Crippen molar-refractivity contribution in [1.29, 1.82) is 0 Å². The van der Waals surface area contributed by atoms with Crippen LogP contribution >= 0.6 is 0 Å². The Morgan fingerprint density at radius 3 is 2.10 bits per heavy atom. The van der Waals surface area contributed by atoms with E-state index in [1.54, 1.807) is 21.3 Å². The topological polar surface area (TPSA) is 48.0 Å². The summed E-state index contributed by atoms with van der Waals surface area (Å²) in [5.41, 5.74) is 1.01. The summed E-state index contributed by atoms with van der Waals surface area (Å²) in [5, 5.41) is 0. The Kier molecular flexibility index (Phi) is 4.71. The van der Waals surface area contributed by atoms with Crippen molar-refractivity contribution < 1.29 is 19.0 Å². The van der Waals surface area contributed by atoms with E-state index in [2.05, 4.69) is 0 Å².